The van der Waals surface area contributed by atoms with E-state index in [9.17, 15) is 19.8 Å². The summed E-state index contributed by atoms with van der Waals surface area (Å²) in [6.07, 6.45) is -3.06. The minimum Gasteiger partial charge on any atom is -0.478 e. The minimum atomic E-state index is -1.30. The molecule has 134 valence electrons. The number of benzene rings is 1. The van der Waals surface area contributed by atoms with E-state index in [-0.39, 0.29) is 29.1 Å². The number of carbonyl (C=O) groups excluding carboxylic acids is 1. The van der Waals surface area contributed by atoms with Crippen molar-refractivity contribution in [2.24, 2.45) is 0 Å². The lowest BCUT2D eigenvalue weighted by Gasteiger charge is -2.21. The van der Waals surface area contributed by atoms with Gasteiger partial charge in [0.05, 0.1) is 16.7 Å². The molecule has 7 nitrogen and oxygen atoms in total. The Morgan fingerprint density at radius 1 is 1.29 bits per heavy atom. The van der Waals surface area contributed by atoms with E-state index in [4.69, 9.17) is 21.4 Å². The monoisotopic (exact) mass is 359 g/mol. The maximum atomic E-state index is 11.5. The molecule has 0 heterocycles. The van der Waals surface area contributed by atoms with Crippen LogP contribution < -0.4 is 5.32 Å². The van der Waals surface area contributed by atoms with Crippen LogP contribution in [0.25, 0.3) is 0 Å². The molecule has 0 aliphatic rings. The summed E-state index contributed by atoms with van der Waals surface area (Å²) in [4.78, 5) is 22.5. The molecule has 0 radical (unpaired) electrons. The minimum absolute atomic E-state index is 0.0412. The molecule has 0 aromatic heterocycles. The molecule has 24 heavy (non-hydrogen) atoms. The Kier molecular flexibility index (Phi) is 7.01. The molecule has 0 saturated heterocycles. The van der Waals surface area contributed by atoms with Gasteiger partial charge in [0.1, 0.15) is 11.7 Å². The van der Waals surface area contributed by atoms with Gasteiger partial charge in [-0.3, -0.25) is 0 Å². The maximum absolute atomic E-state index is 11.5. The largest absolute Gasteiger partial charge is 0.478 e. The van der Waals surface area contributed by atoms with Crippen molar-refractivity contribution in [2.45, 2.75) is 45.0 Å². The van der Waals surface area contributed by atoms with Gasteiger partial charge in [-0.25, -0.2) is 9.59 Å². The van der Waals surface area contributed by atoms with Crippen LogP contribution in [0.5, 0.6) is 0 Å². The lowest BCUT2D eigenvalue weighted by molar-refractivity contribution is 0.0122. The summed E-state index contributed by atoms with van der Waals surface area (Å²) < 4.78 is 5.05. The number of alkyl carbamates (subject to hydrolysis) is 1. The summed E-state index contributed by atoms with van der Waals surface area (Å²) in [7, 11) is 0. The second-order valence-corrected chi connectivity index (χ2v) is 6.68. The normalized spacial score (nSPS) is 13.9. The number of aliphatic hydroxyl groups excluding tert-OH is 2. The van der Waals surface area contributed by atoms with Crippen LogP contribution in [0.15, 0.2) is 18.2 Å². The second-order valence-electron chi connectivity index (χ2n) is 6.27. The fourth-order valence-corrected chi connectivity index (χ4v) is 2.11. The lowest BCUT2D eigenvalue weighted by Crippen LogP contribution is -2.34. The van der Waals surface area contributed by atoms with Crippen LogP contribution in [0.1, 0.15) is 49.2 Å². The van der Waals surface area contributed by atoms with Crippen molar-refractivity contribution in [1.29, 1.82) is 0 Å². The van der Waals surface area contributed by atoms with Crippen molar-refractivity contribution >= 4 is 23.7 Å². The van der Waals surface area contributed by atoms with Crippen LogP contribution in [-0.4, -0.2) is 45.6 Å². The highest BCUT2D eigenvalue weighted by Gasteiger charge is 2.21. The Labute approximate surface area is 145 Å². The Morgan fingerprint density at radius 2 is 1.92 bits per heavy atom. The molecule has 2 atom stereocenters. The van der Waals surface area contributed by atoms with Gasteiger partial charge >= 0.3 is 12.1 Å². The molecule has 0 saturated carbocycles. The van der Waals surface area contributed by atoms with Gasteiger partial charge in [0, 0.05) is 6.54 Å². The zero-order valence-corrected chi connectivity index (χ0v) is 14.5. The van der Waals surface area contributed by atoms with Crippen LogP contribution in [0.4, 0.5) is 4.79 Å². The van der Waals surface area contributed by atoms with Gasteiger partial charge < -0.3 is 25.4 Å². The molecule has 1 rings (SSSR count). The predicted molar refractivity (Wildman–Crippen MR) is 88.2 cm³/mol. The summed E-state index contributed by atoms with van der Waals surface area (Å²) >= 11 is 5.76. The summed E-state index contributed by atoms with van der Waals surface area (Å²) in [6.45, 7) is 5.27. The first-order valence-corrected chi connectivity index (χ1v) is 7.75. The number of halogens is 1. The van der Waals surface area contributed by atoms with Gasteiger partial charge in [-0.1, -0.05) is 17.7 Å². The molecule has 0 bridgehead atoms. The number of hydrogen-bond acceptors (Lipinski definition) is 5. The van der Waals surface area contributed by atoms with Crippen molar-refractivity contribution < 1.29 is 29.6 Å². The van der Waals surface area contributed by atoms with Crippen molar-refractivity contribution in [2.75, 3.05) is 6.54 Å². The van der Waals surface area contributed by atoms with Crippen LogP contribution in [0.2, 0.25) is 5.02 Å². The van der Waals surface area contributed by atoms with Crippen molar-refractivity contribution in [3.8, 4) is 0 Å². The topological polar surface area (TPSA) is 116 Å². The highest BCUT2D eigenvalue weighted by atomic mass is 35.5. The lowest BCUT2D eigenvalue weighted by atomic mass is 10.00. The first-order chi connectivity index (χ1) is 11.0. The molecule has 0 fully saturated rings. The van der Waals surface area contributed by atoms with Gasteiger partial charge in [0.2, 0.25) is 0 Å². The fraction of sp³-hybridized carbons (Fsp3) is 0.500. The van der Waals surface area contributed by atoms with Crippen molar-refractivity contribution in [1.82, 2.24) is 5.32 Å². The SMILES string of the molecule is CC(C)(C)OC(=O)NCCC(O)C(O)c1ccc(Cl)c(C(=O)O)c1. The molecule has 2 unspecified atom stereocenters. The van der Waals surface area contributed by atoms with Crippen LogP contribution in [0.3, 0.4) is 0 Å². The molecule has 0 spiro atoms. The number of carboxylic acids is 1. The van der Waals surface area contributed by atoms with Crippen LogP contribution in [0, 0.1) is 0 Å². The first kappa shape index (κ1) is 20.2. The van der Waals surface area contributed by atoms with Crippen LogP contribution in [-0.2, 0) is 4.74 Å². The Morgan fingerprint density at radius 3 is 2.46 bits per heavy atom. The molecule has 8 heteroatoms. The quantitative estimate of drug-likeness (QED) is 0.619. The zero-order chi connectivity index (χ0) is 18.5. The first-order valence-electron chi connectivity index (χ1n) is 7.37. The van der Waals surface area contributed by atoms with E-state index in [0.717, 1.165) is 0 Å². The molecule has 1 amide bonds. The Hall–Kier alpha value is -1.83. The third-order valence-electron chi connectivity index (χ3n) is 3.04. The molecule has 0 aliphatic heterocycles. The van der Waals surface area contributed by atoms with E-state index in [1.54, 1.807) is 20.8 Å². The number of aliphatic hydroxyl groups is 2. The summed E-state index contributed by atoms with van der Waals surface area (Å²) in [5.41, 5.74) is -0.562. The van der Waals surface area contributed by atoms with Gasteiger partial charge in [-0.05, 0) is 44.9 Å². The number of carboxylic acid groups (broad SMARTS) is 1. The fourth-order valence-electron chi connectivity index (χ4n) is 1.91. The third-order valence-corrected chi connectivity index (χ3v) is 3.36. The van der Waals surface area contributed by atoms with E-state index in [0.29, 0.717) is 0 Å². The standard InChI is InChI=1S/C16H22ClNO6/c1-16(2,3)24-15(23)18-7-6-12(19)13(20)9-4-5-11(17)10(8-9)14(21)22/h4-5,8,12-13,19-20H,6-7H2,1-3H3,(H,18,23)(H,21,22). The highest BCUT2D eigenvalue weighted by molar-refractivity contribution is 6.33. The average Bonchev–Trinajstić information content (AvgIpc) is 2.44. The third kappa shape index (κ3) is 6.35. The number of rotatable bonds is 6. The van der Waals surface area contributed by atoms with Gasteiger partial charge in [0.25, 0.3) is 0 Å². The molecular formula is C16H22ClNO6. The molecular weight excluding hydrogens is 338 g/mol. The van der Waals surface area contributed by atoms with E-state index in [1.165, 1.54) is 18.2 Å². The molecule has 0 aliphatic carbocycles. The zero-order valence-electron chi connectivity index (χ0n) is 13.7. The number of nitrogens with one attached hydrogen (secondary N) is 1. The summed E-state index contributed by atoms with van der Waals surface area (Å²) in [5.74, 6) is -1.23. The molecule has 1 aromatic rings. The van der Waals surface area contributed by atoms with Crippen molar-refractivity contribution in [3.05, 3.63) is 34.3 Å². The maximum Gasteiger partial charge on any atom is 0.407 e. The number of amides is 1. The van der Waals surface area contributed by atoms with Gasteiger partial charge in [-0.15, -0.1) is 0 Å². The Bertz CT molecular complexity index is 599. The summed E-state index contributed by atoms with van der Waals surface area (Å²) in [5, 5.41) is 31.6. The van der Waals surface area contributed by atoms with Gasteiger partial charge in [-0.2, -0.15) is 0 Å². The number of carbonyl (C=O) groups is 2. The predicted octanol–water partition coefficient (Wildman–Crippen LogP) is 2.35. The van der Waals surface area contributed by atoms with Crippen LogP contribution >= 0.6 is 11.6 Å². The Balaban J connectivity index is 2.59. The van der Waals surface area contributed by atoms with Crippen molar-refractivity contribution in [3.63, 3.8) is 0 Å². The average molecular weight is 360 g/mol. The molecule has 1 aromatic carbocycles. The van der Waals surface area contributed by atoms with E-state index < -0.39 is 29.9 Å². The van der Waals surface area contributed by atoms with Gasteiger partial charge in [0.15, 0.2) is 0 Å². The molecule has 4 N–H and O–H groups in total. The summed E-state index contributed by atoms with van der Waals surface area (Å²) in [6, 6.07) is 3.99. The second kappa shape index (κ2) is 8.32. The smallest absolute Gasteiger partial charge is 0.407 e. The van der Waals surface area contributed by atoms with E-state index in [1.807, 2.05) is 0 Å². The van der Waals surface area contributed by atoms with E-state index in [2.05, 4.69) is 5.32 Å². The number of aromatic carboxylic acids is 1. The highest BCUT2D eigenvalue weighted by Crippen LogP contribution is 2.24. The van der Waals surface area contributed by atoms with E-state index >= 15 is 0 Å². The number of hydrogen-bond donors (Lipinski definition) is 4. The number of ether oxygens (including phenoxy) is 1.